The molecule has 0 bridgehead atoms. The molecule has 2 rings (SSSR count). The van der Waals surface area contributed by atoms with E-state index in [2.05, 4.69) is 10.1 Å². The summed E-state index contributed by atoms with van der Waals surface area (Å²) in [5.41, 5.74) is 1.97. The van der Waals surface area contributed by atoms with Gasteiger partial charge in [-0.25, -0.2) is 4.79 Å². The lowest BCUT2D eigenvalue weighted by molar-refractivity contribution is -0.274. The maximum Gasteiger partial charge on any atom is 0.573 e. The van der Waals surface area contributed by atoms with E-state index in [1.165, 1.54) is 12.1 Å². The molecule has 11 heteroatoms. The van der Waals surface area contributed by atoms with Crippen molar-refractivity contribution in [1.82, 2.24) is 5.32 Å². The fourth-order valence-electron chi connectivity index (χ4n) is 1.90. The first kappa shape index (κ1) is 24.1. The van der Waals surface area contributed by atoms with E-state index in [1.54, 1.807) is 19.2 Å². The summed E-state index contributed by atoms with van der Waals surface area (Å²) in [7, 11) is 1.61. The molecule has 0 radical (unpaired) electrons. The highest BCUT2D eigenvalue weighted by atomic mass is 19.4. The lowest BCUT2D eigenvalue weighted by Gasteiger charge is -2.10. The summed E-state index contributed by atoms with van der Waals surface area (Å²) in [4.78, 5) is 8.90. The molecule has 0 aromatic heterocycles. The maximum absolute atomic E-state index is 12.0. The van der Waals surface area contributed by atoms with Gasteiger partial charge in [0.25, 0.3) is 0 Å². The maximum atomic E-state index is 12.0. The fourth-order valence-corrected chi connectivity index (χ4v) is 1.90. The molecule has 0 heterocycles. The van der Waals surface area contributed by atoms with Gasteiger partial charge in [0.2, 0.25) is 0 Å². The van der Waals surface area contributed by atoms with Gasteiger partial charge in [0.15, 0.2) is 0 Å². The Bertz CT molecular complexity index is 758. The van der Waals surface area contributed by atoms with Crippen molar-refractivity contribution in [2.45, 2.75) is 25.6 Å². The quantitative estimate of drug-likeness (QED) is 0.667. The molecule has 29 heavy (non-hydrogen) atoms. The first-order chi connectivity index (χ1) is 13.4. The molecule has 2 N–H and O–H groups in total. The minimum absolute atomic E-state index is 0.216. The Morgan fingerprint density at radius 2 is 1.24 bits per heavy atom. The number of alkyl halides is 6. The zero-order chi connectivity index (χ0) is 22.1. The van der Waals surface area contributed by atoms with E-state index in [-0.39, 0.29) is 5.75 Å². The Morgan fingerprint density at radius 1 is 0.862 bits per heavy atom. The Hall–Kier alpha value is -2.95. The first-order valence-corrected chi connectivity index (χ1v) is 7.89. The van der Waals surface area contributed by atoms with Gasteiger partial charge in [0.05, 0.1) is 7.11 Å². The normalized spacial score (nSPS) is 11.3. The molecule has 2 aromatic carbocycles. The predicted molar refractivity (Wildman–Crippen MR) is 90.4 cm³/mol. The highest BCUT2D eigenvalue weighted by Crippen LogP contribution is 2.22. The number of carbonyl (C=O) groups is 1. The number of ether oxygens (including phenoxy) is 2. The van der Waals surface area contributed by atoms with Crippen molar-refractivity contribution in [3.8, 4) is 11.5 Å². The lowest BCUT2D eigenvalue weighted by atomic mass is 10.2. The monoisotopic (exact) mass is 425 g/mol. The number of carboxylic acid groups (broad SMARTS) is 1. The molecular formula is C18H17F6NO4. The molecule has 0 fully saturated rings. The van der Waals surface area contributed by atoms with E-state index in [0.29, 0.717) is 13.1 Å². The number of carboxylic acids is 1. The number of aliphatic carboxylic acids is 1. The summed E-state index contributed by atoms with van der Waals surface area (Å²) in [6, 6.07) is 13.5. The van der Waals surface area contributed by atoms with E-state index in [4.69, 9.17) is 14.6 Å². The van der Waals surface area contributed by atoms with Gasteiger partial charge in [0.1, 0.15) is 11.5 Å². The molecule has 160 valence electrons. The van der Waals surface area contributed by atoms with Crippen LogP contribution in [0.25, 0.3) is 0 Å². The average molecular weight is 425 g/mol. The third kappa shape index (κ3) is 10.2. The number of halogens is 6. The van der Waals surface area contributed by atoms with Crippen LogP contribution in [-0.2, 0) is 17.9 Å². The standard InChI is InChI=1S/C16H16F3NO2.C2HF3O2/c1-21-14-6-2-12(3-7-14)10-20-11-13-4-8-15(9-5-13)22-16(17,18)19;3-2(4,5)1(6)7/h2-9,20H,10-11H2,1H3;(H,6,7). The number of nitrogens with one attached hydrogen (secondary N) is 1. The van der Waals surface area contributed by atoms with E-state index >= 15 is 0 Å². The van der Waals surface area contributed by atoms with Gasteiger partial charge in [-0.3, -0.25) is 0 Å². The van der Waals surface area contributed by atoms with Crippen LogP contribution in [0.4, 0.5) is 26.3 Å². The summed E-state index contributed by atoms with van der Waals surface area (Å²) in [6.45, 7) is 1.21. The summed E-state index contributed by atoms with van der Waals surface area (Å²) < 4.78 is 76.8. The molecule has 5 nitrogen and oxygen atoms in total. The summed E-state index contributed by atoms with van der Waals surface area (Å²) >= 11 is 0. The summed E-state index contributed by atoms with van der Waals surface area (Å²) in [5, 5.41) is 10.3. The molecule has 0 aliphatic rings. The number of hydrogen-bond acceptors (Lipinski definition) is 4. The lowest BCUT2D eigenvalue weighted by Crippen LogP contribution is -2.21. The minimum atomic E-state index is -5.08. The van der Waals surface area contributed by atoms with E-state index < -0.39 is 18.5 Å². The second-order valence-electron chi connectivity index (χ2n) is 5.45. The smallest absolute Gasteiger partial charge is 0.497 e. The fraction of sp³-hybridized carbons (Fsp3) is 0.278. The van der Waals surface area contributed by atoms with Crippen LogP contribution in [0.15, 0.2) is 48.5 Å². The topological polar surface area (TPSA) is 67.8 Å². The largest absolute Gasteiger partial charge is 0.573 e. The highest BCUT2D eigenvalue weighted by Gasteiger charge is 2.38. The van der Waals surface area contributed by atoms with Crippen molar-refractivity contribution in [2.24, 2.45) is 0 Å². The highest BCUT2D eigenvalue weighted by molar-refractivity contribution is 5.73. The van der Waals surface area contributed by atoms with Crippen LogP contribution in [0.1, 0.15) is 11.1 Å². The van der Waals surface area contributed by atoms with E-state index in [0.717, 1.165) is 16.9 Å². The number of benzene rings is 2. The minimum Gasteiger partial charge on any atom is -0.497 e. The van der Waals surface area contributed by atoms with Crippen LogP contribution in [0.3, 0.4) is 0 Å². The molecule has 0 spiro atoms. The predicted octanol–water partition coefficient (Wildman–Crippen LogP) is 4.52. The van der Waals surface area contributed by atoms with Gasteiger partial charge in [-0.1, -0.05) is 24.3 Å². The van der Waals surface area contributed by atoms with Gasteiger partial charge in [-0.2, -0.15) is 13.2 Å². The van der Waals surface area contributed by atoms with Gasteiger partial charge < -0.3 is 19.9 Å². The molecule has 0 atom stereocenters. The molecule has 2 aromatic rings. The molecule has 0 aliphatic carbocycles. The van der Waals surface area contributed by atoms with Crippen LogP contribution >= 0.6 is 0 Å². The average Bonchev–Trinajstić information content (AvgIpc) is 2.62. The zero-order valence-corrected chi connectivity index (χ0v) is 15.0. The Balaban J connectivity index is 0.000000516. The number of rotatable bonds is 6. The Kier molecular flexibility index (Phi) is 8.77. The number of methoxy groups -OCH3 is 1. The van der Waals surface area contributed by atoms with E-state index in [1.807, 2.05) is 24.3 Å². The van der Waals surface area contributed by atoms with Crippen molar-refractivity contribution in [2.75, 3.05) is 7.11 Å². The molecular weight excluding hydrogens is 408 g/mol. The summed E-state index contributed by atoms with van der Waals surface area (Å²) in [5.74, 6) is -2.18. The van der Waals surface area contributed by atoms with Crippen molar-refractivity contribution in [3.63, 3.8) is 0 Å². The van der Waals surface area contributed by atoms with Gasteiger partial charge in [-0.05, 0) is 35.4 Å². The van der Waals surface area contributed by atoms with Crippen LogP contribution in [0.2, 0.25) is 0 Å². The second-order valence-corrected chi connectivity index (χ2v) is 5.45. The van der Waals surface area contributed by atoms with E-state index in [9.17, 15) is 26.3 Å². The Labute approximate surface area is 161 Å². The van der Waals surface area contributed by atoms with Crippen molar-refractivity contribution >= 4 is 5.97 Å². The van der Waals surface area contributed by atoms with Gasteiger partial charge in [-0.15, -0.1) is 13.2 Å². The third-order valence-corrected chi connectivity index (χ3v) is 3.22. The van der Waals surface area contributed by atoms with Crippen molar-refractivity contribution < 1.29 is 45.7 Å². The SMILES string of the molecule is COc1ccc(CNCc2ccc(OC(F)(F)F)cc2)cc1.O=C(O)C(F)(F)F. The van der Waals surface area contributed by atoms with Crippen molar-refractivity contribution in [3.05, 3.63) is 59.7 Å². The van der Waals surface area contributed by atoms with Crippen molar-refractivity contribution in [1.29, 1.82) is 0 Å². The third-order valence-electron chi connectivity index (χ3n) is 3.22. The van der Waals surface area contributed by atoms with Crippen LogP contribution < -0.4 is 14.8 Å². The molecule has 0 saturated carbocycles. The first-order valence-electron chi connectivity index (χ1n) is 7.89. The van der Waals surface area contributed by atoms with Crippen LogP contribution in [0.5, 0.6) is 11.5 Å². The molecule has 0 unspecified atom stereocenters. The van der Waals surface area contributed by atoms with Crippen LogP contribution in [0, 0.1) is 0 Å². The molecule has 0 aliphatic heterocycles. The zero-order valence-electron chi connectivity index (χ0n) is 15.0. The Morgan fingerprint density at radius 3 is 1.55 bits per heavy atom. The van der Waals surface area contributed by atoms with Gasteiger partial charge >= 0.3 is 18.5 Å². The second kappa shape index (κ2) is 10.6. The molecule has 0 saturated heterocycles. The van der Waals surface area contributed by atoms with Gasteiger partial charge in [0, 0.05) is 13.1 Å². The summed E-state index contributed by atoms with van der Waals surface area (Å²) in [6.07, 6.45) is -9.74. The van der Waals surface area contributed by atoms with Crippen LogP contribution in [-0.4, -0.2) is 30.7 Å². The number of hydrogen-bond donors (Lipinski definition) is 2. The molecule has 0 amide bonds.